The van der Waals surface area contributed by atoms with Crippen molar-refractivity contribution >= 4 is 40.2 Å². The predicted octanol–water partition coefficient (Wildman–Crippen LogP) is 2.55. The van der Waals surface area contributed by atoms with E-state index in [4.69, 9.17) is 33.5 Å². The fourth-order valence-corrected chi connectivity index (χ4v) is 2.20. The van der Waals surface area contributed by atoms with E-state index in [0.29, 0.717) is 40.4 Å². The van der Waals surface area contributed by atoms with Crippen LogP contribution < -0.4 is 5.73 Å². The van der Waals surface area contributed by atoms with Crippen LogP contribution in [0.2, 0.25) is 10.0 Å². The van der Waals surface area contributed by atoms with Crippen LogP contribution in [0.5, 0.6) is 0 Å². The van der Waals surface area contributed by atoms with Crippen LogP contribution in [0.1, 0.15) is 5.89 Å². The first kappa shape index (κ1) is 12.3. The largest absolute Gasteiger partial charge is 0.369 e. The Morgan fingerprint density at radius 3 is 2.79 bits per heavy atom. The molecule has 0 saturated carbocycles. The van der Waals surface area contributed by atoms with Crippen molar-refractivity contribution in [1.29, 1.82) is 0 Å². The maximum atomic E-state index is 6.01. The fourth-order valence-electron chi connectivity index (χ4n) is 1.89. The van der Waals surface area contributed by atoms with Gasteiger partial charge in [0.05, 0.1) is 21.1 Å². The molecule has 0 aliphatic rings. The van der Waals surface area contributed by atoms with Crippen LogP contribution in [0.25, 0.3) is 11.0 Å². The molecule has 8 heteroatoms. The molecule has 0 amide bonds. The number of nitrogens with zero attached hydrogens (tertiary/aromatic N) is 4. The average Bonchev–Trinajstić information content (AvgIpc) is 2.96. The second-order valence-corrected chi connectivity index (χ2v) is 4.78. The number of hydrogen-bond donors (Lipinski definition) is 1. The van der Waals surface area contributed by atoms with Gasteiger partial charge in [0.15, 0.2) is 6.33 Å². The van der Waals surface area contributed by atoms with Crippen LogP contribution in [0.3, 0.4) is 0 Å². The summed E-state index contributed by atoms with van der Waals surface area (Å²) < 4.78 is 6.78. The summed E-state index contributed by atoms with van der Waals surface area (Å²) in [4.78, 5) is 8.20. The highest BCUT2D eigenvalue weighted by Gasteiger charge is 2.12. The maximum Gasteiger partial charge on any atom is 0.228 e. The lowest BCUT2D eigenvalue weighted by Crippen LogP contribution is -2.05. The maximum absolute atomic E-state index is 6.01. The number of anilines is 1. The van der Waals surface area contributed by atoms with Crippen molar-refractivity contribution in [2.45, 2.75) is 13.0 Å². The predicted molar refractivity (Wildman–Crippen MR) is 72.2 cm³/mol. The van der Waals surface area contributed by atoms with Crippen molar-refractivity contribution in [3.8, 4) is 0 Å². The number of nitrogens with two attached hydrogens (primary N) is 1. The standard InChI is InChI=1S/C11H9Cl2N5O/c12-6-3-8-9(4-7(6)13)18(11(14)17-8)2-1-10-15-5-16-19-10/h3-5H,1-2H2,(H2,14,17). The van der Waals surface area contributed by atoms with Crippen LogP contribution >= 0.6 is 23.2 Å². The lowest BCUT2D eigenvalue weighted by molar-refractivity contribution is 0.372. The van der Waals surface area contributed by atoms with Crippen LogP contribution in [-0.2, 0) is 13.0 Å². The van der Waals surface area contributed by atoms with E-state index < -0.39 is 0 Å². The SMILES string of the molecule is Nc1nc2cc(Cl)c(Cl)cc2n1CCc1ncno1. The van der Waals surface area contributed by atoms with Crippen molar-refractivity contribution in [3.63, 3.8) is 0 Å². The molecule has 6 nitrogen and oxygen atoms in total. The molecule has 0 atom stereocenters. The minimum absolute atomic E-state index is 0.396. The normalized spacial score (nSPS) is 11.3. The molecule has 0 aliphatic heterocycles. The summed E-state index contributed by atoms with van der Waals surface area (Å²) in [7, 11) is 0. The minimum Gasteiger partial charge on any atom is -0.369 e. The summed E-state index contributed by atoms with van der Waals surface area (Å²) >= 11 is 12.0. The Hall–Kier alpha value is -1.79. The lowest BCUT2D eigenvalue weighted by atomic mass is 10.3. The van der Waals surface area contributed by atoms with Crippen molar-refractivity contribution in [1.82, 2.24) is 19.7 Å². The first-order valence-corrected chi connectivity index (χ1v) is 6.27. The number of imidazole rings is 1. The molecule has 2 aromatic heterocycles. The summed E-state index contributed by atoms with van der Waals surface area (Å²) in [6.45, 7) is 0.572. The molecule has 2 N–H and O–H groups in total. The topological polar surface area (TPSA) is 82.8 Å². The summed E-state index contributed by atoms with van der Waals surface area (Å²) in [5.74, 6) is 0.939. The van der Waals surface area contributed by atoms with E-state index in [0.717, 1.165) is 5.52 Å². The molecule has 0 bridgehead atoms. The number of aryl methyl sites for hydroxylation is 2. The van der Waals surface area contributed by atoms with Gasteiger partial charge < -0.3 is 14.8 Å². The number of benzene rings is 1. The Labute approximate surface area is 118 Å². The van der Waals surface area contributed by atoms with Crippen LogP contribution in [0.4, 0.5) is 5.95 Å². The van der Waals surface area contributed by atoms with Crippen molar-refractivity contribution in [2.75, 3.05) is 5.73 Å². The zero-order valence-corrected chi connectivity index (χ0v) is 11.2. The average molecular weight is 298 g/mol. The van der Waals surface area contributed by atoms with E-state index in [9.17, 15) is 0 Å². The number of halogens is 2. The van der Waals surface area contributed by atoms with E-state index in [-0.39, 0.29) is 0 Å². The molecule has 0 spiro atoms. The quantitative estimate of drug-likeness (QED) is 0.803. The van der Waals surface area contributed by atoms with Gasteiger partial charge in [-0.1, -0.05) is 28.4 Å². The molecule has 0 fully saturated rings. The summed E-state index contributed by atoms with van der Waals surface area (Å²) in [6, 6.07) is 3.44. The first-order valence-electron chi connectivity index (χ1n) is 5.51. The van der Waals surface area contributed by atoms with Gasteiger partial charge >= 0.3 is 0 Å². The van der Waals surface area contributed by atoms with E-state index in [1.54, 1.807) is 12.1 Å². The van der Waals surface area contributed by atoms with Crippen LogP contribution in [0, 0.1) is 0 Å². The molecule has 19 heavy (non-hydrogen) atoms. The van der Waals surface area contributed by atoms with Gasteiger partial charge in [-0.25, -0.2) is 4.98 Å². The highest BCUT2D eigenvalue weighted by molar-refractivity contribution is 6.42. The number of fused-ring (bicyclic) bond motifs is 1. The molecule has 0 saturated heterocycles. The third kappa shape index (κ3) is 2.24. The van der Waals surface area contributed by atoms with Gasteiger partial charge in [-0.2, -0.15) is 4.98 Å². The van der Waals surface area contributed by atoms with E-state index in [1.165, 1.54) is 6.33 Å². The molecule has 2 heterocycles. The zero-order chi connectivity index (χ0) is 13.4. The molecular weight excluding hydrogens is 289 g/mol. The molecular formula is C11H9Cl2N5O. The Morgan fingerprint density at radius 2 is 2.05 bits per heavy atom. The number of aromatic nitrogens is 4. The van der Waals surface area contributed by atoms with Gasteiger partial charge in [0.2, 0.25) is 11.8 Å². The Bertz CT molecular complexity index is 722. The summed E-state index contributed by atoms with van der Waals surface area (Å²) in [6.07, 6.45) is 1.93. The van der Waals surface area contributed by atoms with Gasteiger partial charge in [0.1, 0.15) is 0 Å². The Balaban J connectivity index is 1.98. The van der Waals surface area contributed by atoms with Crippen molar-refractivity contribution in [3.05, 3.63) is 34.4 Å². The zero-order valence-electron chi connectivity index (χ0n) is 9.68. The summed E-state index contributed by atoms with van der Waals surface area (Å²) in [5.41, 5.74) is 7.42. The van der Waals surface area contributed by atoms with E-state index in [1.807, 2.05) is 4.57 Å². The number of nitrogen functional groups attached to an aromatic ring is 1. The minimum atomic E-state index is 0.396. The van der Waals surface area contributed by atoms with Gasteiger partial charge in [-0.3, -0.25) is 0 Å². The van der Waals surface area contributed by atoms with Crippen molar-refractivity contribution in [2.24, 2.45) is 0 Å². The number of rotatable bonds is 3. The molecule has 98 valence electrons. The molecule has 1 aromatic carbocycles. The first-order chi connectivity index (χ1) is 9.15. The third-order valence-electron chi connectivity index (χ3n) is 2.78. The Kier molecular flexibility index (Phi) is 3.04. The molecule has 3 rings (SSSR count). The van der Waals surface area contributed by atoms with Crippen molar-refractivity contribution < 1.29 is 4.52 Å². The van der Waals surface area contributed by atoms with E-state index >= 15 is 0 Å². The monoisotopic (exact) mass is 297 g/mol. The second kappa shape index (κ2) is 4.71. The molecule has 0 radical (unpaired) electrons. The lowest BCUT2D eigenvalue weighted by Gasteiger charge is -2.04. The highest BCUT2D eigenvalue weighted by atomic mass is 35.5. The number of hydrogen-bond acceptors (Lipinski definition) is 5. The Morgan fingerprint density at radius 1 is 1.26 bits per heavy atom. The van der Waals surface area contributed by atoms with Crippen LogP contribution in [0.15, 0.2) is 23.0 Å². The third-order valence-corrected chi connectivity index (χ3v) is 3.50. The summed E-state index contributed by atoms with van der Waals surface area (Å²) in [5, 5.41) is 4.47. The molecule has 3 aromatic rings. The van der Waals surface area contributed by atoms with E-state index in [2.05, 4.69) is 15.1 Å². The highest BCUT2D eigenvalue weighted by Crippen LogP contribution is 2.29. The fraction of sp³-hybridized carbons (Fsp3) is 0.182. The van der Waals surface area contributed by atoms with Gasteiger partial charge in [0, 0.05) is 13.0 Å². The van der Waals surface area contributed by atoms with Gasteiger partial charge in [0.25, 0.3) is 0 Å². The molecule has 0 aliphatic carbocycles. The van der Waals surface area contributed by atoms with Gasteiger partial charge in [-0.15, -0.1) is 0 Å². The van der Waals surface area contributed by atoms with Gasteiger partial charge in [-0.05, 0) is 12.1 Å². The second-order valence-electron chi connectivity index (χ2n) is 3.96. The van der Waals surface area contributed by atoms with Crippen LogP contribution in [-0.4, -0.2) is 19.7 Å². The smallest absolute Gasteiger partial charge is 0.228 e. The molecule has 0 unspecified atom stereocenters.